The number of hydrogen-bond acceptors (Lipinski definition) is 4. The van der Waals surface area contributed by atoms with Gasteiger partial charge >= 0.3 is 5.97 Å². The molecule has 0 bridgehead atoms. The van der Waals surface area contributed by atoms with Crippen LogP contribution in [-0.4, -0.2) is 30.3 Å². The second kappa shape index (κ2) is 10.9. The van der Waals surface area contributed by atoms with Gasteiger partial charge in [-0.15, -0.1) is 0 Å². The maximum atomic E-state index is 12.6. The van der Waals surface area contributed by atoms with E-state index in [-0.39, 0.29) is 18.3 Å². The van der Waals surface area contributed by atoms with Crippen LogP contribution in [0.5, 0.6) is 0 Å². The number of ether oxygens (including phenoxy) is 1. The zero-order chi connectivity index (χ0) is 20.5. The molecule has 2 aromatic rings. The van der Waals surface area contributed by atoms with Crippen molar-refractivity contribution in [1.82, 2.24) is 5.32 Å². The highest BCUT2D eigenvalue weighted by Gasteiger charge is 2.22. The average Bonchev–Trinajstić information content (AvgIpc) is 2.65. The molecule has 0 aliphatic carbocycles. The minimum absolute atomic E-state index is 0.159. The molecule has 0 fully saturated rings. The normalized spacial score (nSPS) is 11.7. The largest absolute Gasteiger partial charge is 0.464 e. The van der Waals surface area contributed by atoms with Crippen molar-refractivity contribution in [2.24, 2.45) is 0 Å². The van der Waals surface area contributed by atoms with Crippen molar-refractivity contribution in [3.8, 4) is 0 Å². The van der Waals surface area contributed by atoms with E-state index in [1.807, 2.05) is 51.1 Å². The van der Waals surface area contributed by atoms with Crippen LogP contribution in [0.3, 0.4) is 0 Å². The van der Waals surface area contributed by atoms with Crippen molar-refractivity contribution < 1.29 is 14.3 Å². The third kappa shape index (κ3) is 6.71. The highest BCUT2D eigenvalue weighted by molar-refractivity contribution is 7.98. The van der Waals surface area contributed by atoms with E-state index in [1.54, 1.807) is 18.7 Å². The number of aryl methyl sites for hydroxylation is 3. The number of thioether (sulfide) groups is 1. The van der Waals surface area contributed by atoms with Gasteiger partial charge in [0.25, 0.3) is 0 Å². The molecule has 0 radical (unpaired) electrons. The summed E-state index contributed by atoms with van der Waals surface area (Å²) in [6, 6.07) is 13.6. The van der Waals surface area contributed by atoms with E-state index >= 15 is 0 Å². The van der Waals surface area contributed by atoms with E-state index in [9.17, 15) is 9.59 Å². The van der Waals surface area contributed by atoms with Gasteiger partial charge in [0.05, 0.1) is 13.0 Å². The Morgan fingerprint density at radius 3 is 2.32 bits per heavy atom. The smallest absolute Gasteiger partial charge is 0.329 e. The quantitative estimate of drug-likeness (QED) is 0.644. The molecule has 0 unspecified atom stereocenters. The summed E-state index contributed by atoms with van der Waals surface area (Å²) in [6.07, 6.45) is 0.261. The Labute approximate surface area is 172 Å². The average molecular weight is 400 g/mol. The lowest BCUT2D eigenvalue weighted by atomic mass is 9.97. The molecule has 28 heavy (non-hydrogen) atoms. The fourth-order valence-electron chi connectivity index (χ4n) is 3.18. The molecule has 5 heteroatoms. The van der Waals surface area contributed by atoms with Gasteiger partial charge in [-0.25, -0.2) is 4.79 Å². The standard InChI is InChI=1S/C23H29NO3S/c1-5-27-23(26)21(15-28-14-19-9-7-6-8-10-19)24-22(25)13-20-17(3)11-16(2)12-18(20)4/h6-12,21H,5,13-15H2,1-4H3,(H,24,25)/t21-/m0/s1. The molecule has 1 atom stereocenters. The van der Waals surface area contributed by atoms with Crippen LogP contribution >= 0.6 is 11.8 Å². The lowest BCUT2D eigenvalue weighted by Crippen LogP contribution is -2.44. The van der Waals surface area contributed by atoms with Gasteiger partial charge in [-0.2, -0.15) is 11.8 Å². The summed E-state index contributed by atoms with van der Waals surface area (Å²) in [4.78, 5) is 24.9. The Morgan fingerprint density at radius 2 is 1.71 bits per heavy atom. The van der Waals surface area contributed by atoms with E-state index in [2.05, 4.69) is 17.4 Å². The molecule has 0 aromatic heterocycles. The number of nitrogens with one attached hydrogen (secondary N) is 1. The molecule has 0 spiro atoms. The number of esters is 1. The van der Waals surface area contributed by atoms with Crippen LogP contribution in [0, 0.1) is 20.8 Å². The molecule has 0 heterocycles. The van der Waals surface area contributed by atoms with Gasteiger partial charge in [0.15, 0.2) is 0 Å². The van der Waals surface area contributed by atoms with Gasteiger partial charge in [0, 0.05) is 11.5 Å². The number of rotatable bonds is 9. The molecule has 1 amide bonds. The molecular formula is C23H29NO3S. The topological polar surface area (TPSA) is 55.4 Å². The predicted molar refractivity (Wildman–Crippen MR) is 116 cm³/mol. The Hall–Kier alpha value is -2.27. The van der Waals surface area contributed by atoms with Crippen molar-refractivity contribution in [3.05, 3.63) is 70.3 Å². The van der Waals surface area contributed by atoms with E-state index < -0.39 is 6.04 Å². The Balaban J connectivity index is 1.99. The highest BCUT2D eigenvalue weighted by atomic mass is 32.2. The Morgan fingerprint density at radius 1 is 1.07 bits per heavy atom. The predicted octanol–water partition coefficient (Wildman–Crippen LogP) is 4.14. The molecule has 0 saturated carbocycles. The van der Waals surface area contributed by atoms with Gasteiger partial charge in [0.2, 0.25) is 5.91 Å². The molecule has 2 aromatic carbocycles. The first kappa shape index (κ1) is 22.0. The molecule has 0 saturated heterocycles. The number of carbonyl (C=O) groups excluding carboxylic acids is 2. The van der Waals surface area contributed by atoms with Crippen LogP contribution in [0.2, 0.25) is 0 Å². The van der Waals surface area contributed by atoms with Crippen molar-refractivity contribution in [3.63, 3.8) is 0 Å². The third-order valence-electron chi connectivity index (χ3n) is 4.48. The van der Waals surface area contributed by atoms with Crippen LogP contribution in [0.15, 0.2) is 42.5 Å². The SMILES string of the molecule is CCOC(=O)[C@H](CSCc1ccccc1)NC(=O)Cc1c(C)cc(C)cc1C. The van der Waals surface area contributed by atoms with Gasteiger partial charge in [-0.1, -0.05) is 48.0 Å². The van der Waals surface area contributed by atoms with Crippen LogP contribution < -0.4 is 5.32 Å². The van der Waals surface area contributed by atoms with Gasteiger partial charge in [0.1, 0.15) is 6.04 Å². The van der Waals surface area contributed by atoms with E-state index in [4.69, 9.17) is 4.74 Å². The summed E-state index contributed by atoms with van der Waals surface area (Å²) in [7, 11) is 0. The molecule has 4 nitrogen and oxygen atoms in total. The molecular weight excluding hydrogens is 370 g/mol. The molecule has 2 rings (SSSR count). The monoisotopic (exact) mass is 399 g/mol. The van der Waals surface area contributed by atoms with Crippen LogP contribution in [0.1, 0.15) is 34.7 Å². The Kier molecular flexibility index (Phi) is 8.58. The second-order valence-electron chi connectivity index (χ2n) is 6.93. The van der Waals surface area contributed by atoms with Crippen molar-refractivity contribution in [1.29, 1.82) is 0 Å². The van der Waals surface area contributed by atoms with Crippen molar-refractivity contribution in [2.75, 3.05) is 12.4 Å². The number of hydrogen-bond donors (Lipinski definition) is 1. The maximum Gasteiger partial charge on any atom is 0.329 e. The van der Waals surface area contributed by atoms with Crippen LogP contribution in [-0.2, 0) is 26.5 Å². The minimum Gasteiger partial charge on any atom is -0.464 e. The highest BCUT2D eigenvalue weighted by Crippen LogP contribution is 2.18. The zero-order valence-corrected chi connectivity index (χ0v) is 17.9. The fourth-order valence-corrected chi connectivity index (χ4v) is 4.18. The minimum atomic E-state index is -0.646. The van der Waals surface area contributed by atoms with Gasteiger partial charge < -0.3 is 10.1 Å². The summed E-state index contributed by atoms with van der Waals surface area (Å²) >= 11 is 1.61. The van der Waals surface area contributed by atoms with E-state index in [1.165, 1.54) is 11.1 Å². The number of amides is 1. The summed E-state index contributed by atoms with van der Waals surface area (Å²) < 4.78 is 5.15. The van der Waals surface area contributed by atoms with Crippen LogP contribution in [0.25, 0.3) is 0 Å². The summed E-state index contributed by atoms with van der Waals surface area (Å²) in [5.41, 5.74) is 5.58. The fraction of sp³-hybridized carbons (Fsp3) is 0.391. The summed E-state index contributed by atoms with van der Waals surface area (Å²) in [5, 5.41) is 2.87. The number of carbonyl (C=O) groups is 2. The first-order valence-electron chi connectivity index (χ1n) is 9.55. The summed E-state index contributed by atoms with van der Waals surface area (Å²) in [6.45, 7) is 8.14. The molecule has 1 N–H and O–H groups in total. The second-order valence-corrected chi connectivity index (χ2v) is 7.96. The molecule has 0 aliphatic rings. The first-order chi connectivity index (χ1) is 13.4. The van der Waals surface area contributed by atoms with Gasteiger partial charge in [-0.05, 0) is 49.9 Å². The first-order valence-corrected chi connectivity index (χ1v) is 10.7. The summed E-state index contributed by atoms with van der Waals surface area (Å²) in [5.74, 6) is 0.718. The lowest BCUT2D eigenvalue weighted by molar-refractivity contribution is -0.146. The van der Waals surface area contributed by atoms with E-state index in [0.29, 0.717) is 12.4 Å². The van der Waals surface area contributed by atoms with Crippen LogP contribution in [0.4, 0.5) is 0 Å². The van der Waals surface area contributed by atoms with Crippen molar-refractivity contribution >= 4 is 23.6 Å². The van der Waals surface area contributed by atoms with Gasteiger partial charge in [-0.3, -0.25) is 4.79 Å². The lowest BCUT2D eigenvalue weighted by Gasteiger charge is -2.18. The zero-order valence-electron chi connectivity index (χ0n) is 17.1. The molecule has 0 aliphatic heterocycles. The third-order valence-corrected chi connectivity index (χ3v) is 5.59. The Bertz CT molecular complexity index is 782. The van der Waals surface area contributed by atoms with E-state index in [0.717, 1.165) is 22.4 Å². The maximum absolute atomic E-state index is 12.6. The number of benzene rings is 2. The van der Waals surface area contributed by atoms with Crippen molar-refractivity contribution in [2.45, 2.75) is 45.9 Å². The molecule has 150 valence electrons.